The van der Waals surface area contributed by atoms with Crippen LogP contribution in [0.5, 0.6) is 0 Å². The van der Waals surface area contributed by atoms with E-state index >= 15 is 0 Å². The number of nitrogens with one attached hydrogen (secondary N) is 2. The number of imidazole rings is 1. The molecule has 2 aliphatic heterocycles. The number of pyridine rings is 1. The van der Waals surface area contributed by atoms with Gasteiger partial charge < -0.3 is 10.1 Å². The van der Waals surface area contributed by atoms with Gasteiger partial charge >= 0.3 is 0 Å². The molecule has 0 atom stereocenters. The molecule has 0 amide bonds. The van der Waals surface area contributed by atoms with Crippen LogP contribution < -0.4 is 10.0 Å². The number of aromatic nitrogens is 4. The highest BCUT2D eigenvalue weighted by atomic mass is 32.2. The lowest BCUT2D eigenvalue weighted by Gasteiger charge is -2.43. The van der Waals surface area contributed by atoms with Gasteiger partial charge in [-0.05, 0) is 37.8 Å². The van der Waals surface area contributed by atoms with Gasteiger partial charge in [-0.3, -0.25) is 4.40 Å². The number of hydrogen-bond acceptors (Lipinski definition) is 8. The molecule has 1 aliphatic carbocycles. The number of alkyl halides is 2. The van der Waals surface area contributed by atoms with E-state index in [1.165, 1.54) is 6.20 Å². The summed E-state index contributed by atoms with van der Waals surface area (Å²) in [6, 6.07) is 1.67. The Morgan fingerprint density at radius 1 is 1.29 bits per heavy atom. The first-order chi connectivity index (χ1) is 16.2. The fraction of sp³-hybridized carbons (Fsp3) is 0.476. The van der Waals surface area contributed by atoms with E-state index < -0.39 is 27.0 Å². The second-order valence-corrected chi connectivity index (χ2v) is 12.0. The van der Waals surface area contributed by atoms with Crippen LogP contribution >= 0.6 is 11.3 Å². The molecule has 2 fully saturated rings. The second kappa shape index (κ2) is 7.59. The van der Waals surface area contributed by atoms with Crippen molar-refractivity contribution in [3.63, 3.8) is 0 Å². The molecule has 3 aromatic rings. The molecule has 9 nitrogen and oxygen atoms in total. The van der Waals surface area contributed by atoms with Gasteiger partial charge in [0.1, 0.15) is 0 Å². The molecule has 0 unspecified atom stereocenters. The topological polar surface area (TPSA) is 111 Å². The maximum atomic E-state index is 13.3. The summed E-state index contributed by atoms with van der Waals surface area (Å²) >= 11 is 0.739. The highest BCUT2D eigenvalue weighted by Crippen LogP contribution is 2.38. The number of fused-ring (bicyclic) bond motifs is 1. The predicted molar refractivity (Wildman–Crippen MR) is 121 cm³/mol. The van der Waals surface area contributed by atoms with E-state index in [0.717, 1.165) is 41.9 Å². The molecule has 34 heavy (non-hydrogen) atoms. The van der Waals surface area contributed by atoms with Gasteiger partial charge in [0.2, 0.25) is 10.0 Å². The first-order valence-electron chi connectivity index (χ1n) is 10.9. The third-order valence-corrected chi connectivity index (χ3v) is 9.04. The van der Waals surface area contributed by atoms with Crippen LogP contribution in [0.15, 0.2) is 29.4 Å². The number of halogens is 2. The molecular weight excluding hydrogens is 486 g/mol. The normalized spacial score (nSPS) is 21.1. The molecule has 2 N–H and O–H groups in total. The standard InChI is InChI=1S/C21H22F2N6O3S2/c1-20(3-4-20)28-34(30,31)13-6-14(12-2-5-25-21(7-12)10-32-11-21)15-8-24-17(29(15)9-13)19-27-26-18(33-19)16(22)23/h6-9,16,25,28H,2-5,10-11H2,1H3. The lowest BCUT2D eigenvalue weighted by Crippen LogP contribution is -2.60. The fourth-order valence-corrected chi connectivity index (χ4v) is 6.52. The van der Waals surface area contributed by atoms with Gasteiger partial charge in [-0.1, -0.05) is 17.4 Å². The molecule has 0 radical (unpaired) electrons. The van der Waals surface area contributed by atoms with Crippen molar-refractivity contribution in [3.05, 3.63) is 35.1 Å². The minimum atomic E-state index is -3.83. The van der Waals surface area contributed by atoms with Crippen molar-refractivity contribution in [1.82, 2.24) is 29.6 Å². The Bertz CT molecular complexity index is 1420. The number of nitrogens with zero attached hydrogens (tertiary/aromatic N) is 4. The molecule has 6 rings (SSSR count). The summed E-state index contributed by atoms with van der Waals surface area (Å²) in [5.74, 6) is 0.270. The summed E-state index contributed by atoms with van der Waals surface area (Å²) in [6.45, 7) is 3.70. The van der Waals surface area contributed by atoms with Crippen molar-refractivity contribution in [2.24, 2.45) is 0 Å². The van der Waals surface area contributed by atoms with Crippen LogP contribution in [0, 0.1) is 0 Å². The van der Waals surface area contributed by atoms with Crippen LogP contribution in [-0.2, 0) is 14.8 Å². The van der Waals surface area contributed by atoms with E-state index in [1.807, 2.05) is 6.92 Å². The van der Waals surface area contributed by atoms with Crippen molar-refractivity contribution < 1.29 is 21.9 Å². The van der Waals surface area contributed by atoms with Crippen LogP contribution in [0.4, 0.5) is 8.78 Å². The van der Waals surface area contributed by atoms with Gasteiger partial charge in [0.15, 0.2) is 15.8 Å². The summed E-state index contributed by atoms with van der Waals surface area (Å²) in [5.41, 5.74) is 1.68. The van der Waals surface area contributed by atoms with Gasteiger partial charge in [-0.2, -0.15) is 0 Å². The summed E-state index contributed by atoms with van der Waals surface area (Å²) in [4.78, 5) is 4.50. The lowest BCUT2D eigenvalue weighted by atomic mass is 9.87. The van der Waals surface area contributed by atoms with E-state index in [0.29, 0.717) is 25.2 Å². The highest BCUT2D eigenvalue weighted by molar-refractivity contribution is 7.89. The van der Waals surface area contributed by atoms with Gasteiger partial charge in [-0.15, -0.1) is 10.2 Å². The van der Waals surface area contributed by atoms with Crippen molar-refractivity contribution >= 4 is 32.4 Å². The Morgan fingerprint density at radius 2 is 2.09 bits per heavy atom. The zero-order valence-corrected chi connectivity index (χ0v) is 19.8. The molecule has 1 saturated carbocycles. The minimum Gasteiger partial charge on any atom is -0.377 e. The van der Waals surface area contributed by atoms with Crippen LogP contribution in [0.1, 0.15) is 43.2 Å². The predicted octanol–water partition coefficient (Wildman–Crippen LogP) is 2.77. The molecule has 0 bridgehead atoms. The molecule has 180 valence electrons. The number of hydrogen-bond donors (Lipinski definition) is 2. The average molecular weight is 509 g/mol. The molecule has 1 saturated heterocycles. The quantitative estimate of drug-likeness (QED) is 0.527. The molecule has 0 aromatic carbocycles. The van der Waals surface area contributed by atoms with Crippen LogP contribution in [0.3, 0.4) is 0 Å². The van der Waals surface area contributed by atoms with E-state index in [1.54, 1.807) is 16.7 Å². The molecule has 3 aliphatic rings. The molecular formula is C21H22F2N6O3S2. The number of ether oxygens (including phenoxy) is 1. The van der Waals surface area contributed by atoms with E-state index in [4.69, 9.17) is 4.74 Å². The highest BCUT2D eigenvalue weighted by Gasteiger charge is 2.42. The summed E-state index contributed by atoms with van der Waals surface area (Å²) in [6.07, 6.45) is 4.70. The van der Waals surface area contributed by atoms with Gasteiger partial charge in [0.05, 0.1) is 35.4 Å². The van der Waals surface area contributed by atoms with E-state index in [2.05, 4.69) is 31.3 Å². The second-order valence-electron chi connectivity index (χ2n) is 9.33. The maximum Gasteiger partial charge on any atom is 0.291 e. The number of sulfonamides is 1. The first-order valence-corrected chi connectivity index (χ1v) is 13.2. The smallest absolute Gasteiger partial charge is 0.291 e. The summed E-state index contributed by atoms with van der Waals surface area (Å²) in [7, 11) is -3.83. The Hall–Kier alpha value is -2.32. The van der Waals surface area contributed by atoms with Crippen molar-refractivity contribution in [3.8, 4) is 10.8 Å². The van der Waals surface area contributed by atoms with Gasteiger partial charge in [0.25, 0.3) is 6.43 Å². The van der Waals surface area contributed by atoms with Crippen molar-refractivity contribution in [2.75, 3.05) is 19.8 Å². The van der Waals surface area contributed by atoms with E-state index in [-0.39, 0.29) is 21.3 Å². The molecule has 1 spiro atoms. The van der Waals surface area contributed by atoms with Crippen LogP contribution in [0.25, 0.3) is 21.9 Å². The Morgan fingerprint density at radius 3 is 2.74 bits per heavy atom. The summed E-state index contributed by atoms with van der Waals surface area (Å²) in [5, 5.41) is 10.7. The maximum absolute atomic E-state index is 13.3. The fourth-order valence-electron chi connectivity index (χ4n) is 4.34. The Balaban J connectivity index is 1.53. The van der Waals surface area contributed by atoms with Gasteiger partial charge in [-0.25, -0.2) is 26.9 Å². The first kappa shape index (κ1) is 22.2. The third-order valence-electron chi connectivity index (χ3n) is 6.51. The zero-order valence-electron chi connectivity index (χ0n) is 18.2. The zero-order chi connectivity index (χ0) is 23.7. The Kier molecular flexibility index (Phi) is 4.95. The van der Waals surface area contributed by atoms with Crippen molar-refractivity contribution in [2.45, 2.75) is 48.6 Å². The van der Waals surface area contributed by atoms with Crippen LogP contribution in [-0.4, -0.2) is 58.8 Å². The molecule has 3 aromatic heterocycles. The number of rotatable bonds is 6. The SMILES string of the molecule is CC1(NS(=O)(=O)c2cc(C3=CC4(COC4)NCC3)c3cnc(-c4nnc(C(F)F)s4)n3c2)CC1. The summed E-state index contributed by atoms with van der Waals surface area (Å²) < 4.78 is 62.6. The van der Waals surface area contributed by atoms with Crippen molar-refractivity contribution in [1.29, 1.82) is 0 Å². The Labute approximate surface area is 198 Å². The molecule has 13 heteroatoms. The third kappa shape index (κ3) is 3.75. The molecule has 5 heterocycles. The van der Waals surface area contributed by atoms with Gasteiger partial charge in [0, 0.05) is 23.8 Å². The lowest BCUT2D eigenvalue weighted by molar-refractivity contribution is -0.0487. The average Bonchev–Trinajstić information content (AvgIpc) is 3.18. The van der Waals surface area contributed by atoms with Crippen LogP contribution in [0.2, 0.25) is 0 Å². The largest absolute Gasteiger partial charge is 0.377 e. The monoisotopic (exact) mass is 508 g/mol. The minimum absolute atomic E-state index is 0.0827. The van der Waals surface area contributed by atoms with E-state index in [9.17, 15) is 17.2 Å².